The molecule has 0 bridgehead atoms. The Bertz CT molecular complexity index is 1400. The summed E-state index contributed by atoms with van der Waals surface area (Å²) in [6, 6.07) is 7.06. The Hall–Kier alpha value is -3.73. The van der Waals surface area contributed by atoms with Gasteiger partial charge in [0.2, 0.25) is 0 Å². The molecule has 3 aromatic rings. The highest BCUT2D eigenvalue weighted by Gasteiger charge is 2.36. The van der Waals surface area contributed by atoms with E-state index in [0.717, 1.165) is 12.2 Å². The number of phenols is 1. The van der Waals surface area contributed by atoms with Gasteiger partial charge in [0.1, 0.15) is 28.9 Å². The number of hydrogen-bond donors (Lipinski definition) is 3. The monoisotopic (exact) mass is 541 g/mol. The quantitative estimate of drug-likeness (QED) is 0.198. The van der Waals surface area contributed by atoms with Crippen LogP contribution in [0.3, 0.4) is 0 Å². The molecule has 1 fully saturated rings. The lowest BCUT2D eigenvalue weighted by atomic mass is 10.1. The number of ether oxygens (including phenoxy) is 1. The number of thioether (sulfide) groups is 1. The van der Waals surface area contributed by atoms with Crippen LogP contribution >= 0.6 is 11.8 Å². The number of amides is 1. The number of aryl methyl sites for hydroxylation is 1. The first-order valence-corrected chi connectivity index (χ1v) is 13.7. The largest absolute Gasteiger partial charge is 0.505 e. The van der Waals surface area contributed by atoms with Crippen LogP contribution in [0.1, 0.15) is 54.1 Å². The van der Waals surface area contributed by atoms with Crippen molar-refractivity contribution in [1.82, 2.24) is 4.90 Å². The van der Waals surface area contributed by atoms with Gasteiger partial charge in [-0.2, -0.15) is 11.8 Å². The van der Waals surface area contributed by atoms with E-state index >= 15 is 0 Å². The van der Waals surface area contributed by atoms with Crippen molar-refractivity contribution in [3.63, 3.8) is 0 Å². The Morgan fingerprint density at radius 3 is 2.58 bits per heavy atom. The number of likely N-dealkylation sites (tertiary alicyclic amines) is 1. The lowest BCUT2D eigenvalue weighted by molar-refractivity contribution is -0.145. The van der Waals surface area contributed by atoms with Gasteiger partial charge in [-0.15, -0.1) is 0 Å². The van der Waals surface area contributed by atoms with E-state index in [1.54, 1.807) is 17.8 Å². The topological polar surface area (TPSA) is 138 Å². The minimum atomic E-state index is -0.736. The van der Waals surface area contributed by atoms with Crippen molar-refractivity contribution < 1.29 is 23.8 Å². The maximum atomic E-state index is 13.2. The molecule has 1 saturated heterocycles. The maximum Gasteiger partial charge on any atom is 0.328 e. The van der Waals surface area contributed by atoms with Crippen LogP contribution in [0.15, 0.2) is 44.3 Å². The lowest BCUT2D eigenvalue weighted by Gasteiger charge is -2.27. The first-order chi connectivity index (χ1) is 18.2. The smallest absolute Gasteiger partial charge is 0.328 e. The Morgan fingerprint density at radius 2 is 1.95 bits per heavy atom. The van der Waals surface area contributed by atoms with E-state index in [1.165, 1.54) is 24.1 Å². The number of aromatic hydroxyl groups is 1. The normalized spacial score (nSPS) is 16.8. The number of anilines is 3. The van der Waals surface area contributed by atoms with Crippen molar-refractivity contribution >= 4 is 40.7 Å². The second-order valence-corrected chi connectivity index (χ2v) is 10.2. The number of phenolic OH excluding ortho intramolecular Hbond substituents is 1. The molecular formula is C27H31N3O7S. The molecule has 38 heavy (non-hydrogen) atoms. The van der Waals surface area contributed by atoms with Crippen LogP contribution < -0.4 is 21.5 Å². The second kappa shape index (κ2) is 11.3. The van der Waals surface area contributed by atoms with Crippen molar-refractivity contribution in [2.45, 2.75) is 50.4 Å². The van der Waals surface area contributed by atoms with E-state index in [1.807, 2.05) is 32.2 Å². The molecule has 4 rings (SSSR count). The van der Waals surface area contributed by atoms with Gasteiger partial charge in [0, 0.05) is 11.8 Å². The molecule has 10 nitrogen and oxygen atoms in total. The minimum absolute atomic E-state index is 0.00672. The van der Waals surface area contributed by atoms with Crippen molar-refractivity contribution in [2.24, 2.45) is 0 Å². The van der Waals surface area contributed by atoms with Gasteiger partial charge in [0.25, 0.3) is 16.8 Å². The number of nitrogens with one attached hydrogen (secondary N) is 2. The molecule has 0 aliphatic carbocycles. The fourth-order valence-electron chi connectivity index (χ4n) is 4.81. The summed E-state index contributed by atoms with van der Waals surface area (Å²) in [5.41, 5.74) is -1.28. The van der Waals surface area contributed by atoms with Crippen molar-refractivity contribution in [3.8, 4) is 5.75 Å². The van der Waals surface area contributed by atoms with Crippen molar-refractivity contribution in [2.75, 3.05) is 30.5 Å². The predicted molar refractivity (Wildman–Crippen MR) is 146 cm³/mol. The molecule has 2 unspecified atom stereocenters. The number of benzene rings is 1. The third kappa shape index (κ3) is 5.02. The number of carbonyl (C=O) groups excluding carboxylic acids is 2. The zero-order valence-corrected chi connectivity index (χ0v) is 22.5. The van der Waals surface area contributed by atoms with Gasteiger partial charge in [-0.25, -0.2) is 4.79 Å². The molecule has 1 aliphatic heterocycles. The Labute approximate surface area is 224 Å². The zero-order chi connectivity index (χ0) is 27.6. The van der Waals surface area contributed by atoms with Crippen LogP contribution in [0.25, 0.3) is 0 Å². The summed E-state index contributed by atoms with van der Waals surface area (Å²) in [7, 11) is 1.26. The third-order valence-electron chi connectivity index (χ3n) is 6.87. The molecule has 2 heterocycles. The first-order valence-electron chi connectivity index (χ1n) is 12.4. The second-order valence-electron chi connectivity index (χ2n) is 9.17. The SMILES string of the molecule is CCC(SC)C(Nc1c(Nc2cccc(C(=O)N3CCC[C@@H]3C(=O)OC)c2O)c(=O)c1=O)c1ccc(C)o1. The maximum absolute atomic E-state index is 13.2. The number of methoxy groups -OCH3 is 1. The molecule has 202 valence electrons. The molecule has 0 radical (unpaired) electrons. The number of para-hydroxylation sites is 1. The summed E-state index contributed by atoms with van der Waals surface area (Å²) < 4.78 is 10.6. The number of rotatable bonds is 10. The lowest BCUT2D eigenvalue weighted by Crippen LogP contribution is -2.41. The van der Waals surface area contributed by atoms with E-state index in [0.29, 0.717) is 25.1 Å². The van der Waals surface area contributed by atoms with E-state index in [2.05, 4.69) is 10.6 Å². The van der Waals surface area contributed by atoms with Gasteiger partial charge in [-0.05, 0) is 56.7 Å². The molecule has 0 spiro atoms. The first kappa shape index (κ1) is 27.3. The molecule has 11 heteroatoms. The summed E-state index contributed by atoms with van der Waals surface area (Å²) in [6.07, 6.45) is 3.85. The number of furan rings is 1. The van der Waals surface area contributed by atoms with E-state index < -0.39 is 28.8 Å². The number of nitrogens with zero attached hydrogens (tertiary/aromatic N) is 1. The highest BCUT2D eigenvalue weighted by Crippen LogP contribution is 2.36. The number of hydrogen-bond acceptors (Lipinski definition) is 10. The highest BCUT2D eigenvalue weighted by molar-refractivity contribution is 7.99. The van der Waals surface area contributed by atoms with Gasteiger partial charge in [0.15, 0.2) is 5.75 Å². The van der Waals surface area contributed by atoms with Crippen LogP contribution in [-0.4, -0.2) is 53.1 Å². The number of carbonyl (C=O) groups is 2. The third-order valence-corrected chi connectivity index (χ3v) is 8.08. The van der Waals surface area contributed by atoms with Crippen LogP contribution in [0.4, 0.5) is 17.1 Å². The number of esters is 1. The average molecular weight is 542 g/mol. The summed E-state index contributed by atoms with van der Waals surface area (Å²) in [6.45, 7) is 4.21. The molecular weight excluding hydrogens is 510 g/mol. The fourth-order valence-corrected chi connectivity index (χ4v) is 5.62. The predicted octanol–water partition coefficient (Wildman–Crippen LogP) is 3.71. The molecule has 1 aliphatic rings. The summed E-state index contributed by atoms with van der Waals surface area (Å²) in [5, 5.41) is 17.0. The van der Waals surface area contributed by atoms with Crippen LogP contribution in [0, 0.1) is 6.92 Å². The molecule has 1 aromatic heterocycles. The minimum Gasteiger partial charge on any atom is -0.505 e. The summed E-state index contributed by atoms with van der Waals surface area (Å²) in [5.74, 6) is -0.0583. The van der Waals surface area contributed by atoms with E-state index in [4.69, 9.17) is 9.15 Å². The van der Waals surface area contributed by atoms with Crippen LogP contribution in [0.5, 0.6) is 5.75 Å². The van der Waals surface area contributed by atoms with Gasteiger partial charge in [0.05, 0.1) is 24.4 Å². The van der Waals surface area contributed by atoms with Gasteiger partial charge in [-0.1, -0.05) is 13.0 Å². The van der Waals surface area contributed by atoms with Gasteiger partial charge < -0.3 is 29.8 Å². The molecule has 3 N–H and O–H groups in total. The zero-order valence-electron chi connectivity index (χ0n) is 21.7. The molecule has 0 saturated carbocycles. The molecule has 3 atom stereocenters. The Balaban J connectivity index is 1.62. The van der Waals surface area contributed by atoms with Crippen molar-refractivity contribution in [1.29, 1.82) is 0 Å². The molecule has 1 amide bonds. The standard InChI is InChI=1S/C27H31N3O7S/c1-5-19(38-4)20(18-12-11-14(2)37-18)29-22-21(24(32)25(22)33)28-16-9-6-8-15(23(16)31)26(34)30-13-7-10-17(30)27(35)36-3/h6,8-9,11-12,17,19-20,28-29,31H,5,7,10,13H2,1-4H3/t17-,19?,20?/m1/s1. The Morgan fingerprint density at radius 1 is 1.21 bits per heavy atom. The van der Waals surface area contributed by atoms with Gasteiger partial charge >= 0.3 is 5.97 Å². The van der Waals surface area contributed by atoms with Gasteiger partial charge in [-0.3, -0.25) is 14.4 Å². The van der Waals surface area contributed by atoms with E-state index in [9.17, 15) is 24.3 Å². The molecule has 2 aromatic carbocycles. The van der Waals surface area contributed by atoms with Crippen molar-refractivity contribution in [3.05, 3.63) is 67.9 Å². The van der Waals surface area contributed by atoms with E-state index in [-0.39, 0.29) is 39.7 Å². The summed E-state index contributed by atoms with van der Waals surface area (Å²) >= 11 is 1.61. The summed E-state index contributed by atoms with van der Waals surface area (Å²) in [4.78, 5) is 51.8. The fraction of sp³-hybridized carbons (Fsp3) is 0.407. The highest BCUT2D eigenvalue weighted by atomic mass is 32.2. The van der Waals surface area contributed by atoms with Crippen LogP contribution in [-0.2, 0) is 9.53 Å². The average Bonchev–Trinajstić information content (AvgIpc) is 3.59. The van der Waals surface area contributed by atoms with Crippen LogP contribution in [0.2, 0.25) is 0 Å². The Kier molecular flexibility index (Phi) is 8.15.